The van der Waals surface area contributed by atoms with E-state index in [0.717, 1.165) is 22.9 Å². The van der Waals surface area contributed by atoms with Gasteiger partial charge in [0, 0.05) is 12.1 Å². The van der Waals surface area contributed by atoms with Crippen molar-refractivity contribution in [2.45, 2.75) is 6.92 Å². The van der Waals surface area contributed by atoms with Crippen LogP contribution in [0.25, 0.3) is 6.08 Å². The molecule has 1 aliphatic rings. The van der Waals surface area contributed by atoms with Crippen molar-refractivity contribution < 1.29 is 19.2 Å². The summed E-state index contributed by atoms with van der Waals surface area (Å²) in [5, 5.41) is 14.1. The summed E-state index contributed by atoms with van der Waals surface area (Å²) in [4.78, 5) is 39.8. The number of hydrogen-bond donors (Lipinski definition) is 1. The zero-order valence-corrected chi connectivity index (χ0v) is 18.2. The molecule has 0 unspecified atom stereocenters. The maximum absolute atomic E-state index is 12.3. The van der Waals surface area contributed by atoms with E-state index in [9.17, 15) is 19.7 Å². The number of nitrogens with zero attached hydrogens (tertiary/aromatic N) is 2. The van der Waals surface area contributed by atoms with E-state index in [1.807, 2.05) is 31.2 Å². The molecule has 1 fully saturated rings. The zero-order valence-electron chi connectivity index (χ0n) is 17.3. The summed E-state index contributed by atoms with van der Waals surface area (Å²) in [6.07, 6.45) is 1.71. The van der Waals surface area contributed by atoms with Crippen molar-refractivity contribution in [3.8, 4) is 5.75 Å². The number of aryl methyl sites for hydroxylation is 1. The van der Waals surface area contributed by atoms with Crippen LogP contribution in [-0.2, 0) is 4.79 Å². The highest BCUT2D eigenvalue weighted by Gasteiger charge is 2.23. The molecule has 0 aliphatic carbocycles. The predicted octanol–water partition coefficient (Wildman–Crippen LogP) is 5.01. The Morgan fingerprint density at radius 3 is 2.52 bits per heavy atom. The molecule has 1 N–H and O–H groups in total. The van der Waals surface area contributed by atoms with Crippen LogP contribution >= 0.6 is 11.8 Å². The zero-order chi connectivity index (χ0) is 23.4. The minimum absolute atomic E-state index is 0.0785. The minimum Gasteiger partial charge on any atom is -0.423 e. The Kier molecular flexibility index (Phi) is 6.32. The molecule has 9 heteroatoms. The Balaban J connectivity index is 1.43. The van der Waals surface area contributed by atoms with Gasteiger partial charge in [-0.1, -0.05) is 35.9 Å². The van der Waals surface area contributed by atoms with Crippen LogP contribution in [0.1, 0.15) is 21.5 Å². The number of carbonyl (C=O) groups excluding carboxylic acids is 2. The van der Waals surface area contributed by atoms with Gasteiger partial charge in [0.2, 0.25) is 0 Å². The smallest absolute Gasteiger partial charge is 0.343 e. The first kappa shape index (κ1) is 22.0. The van der Waals surface area contributed by atoms with Crippen molar-refractivity contribution in [1.82, 2.24) is 5.32 Å². The maximum Gasteiger partial charge on any atom is 0.343 e. The Morgan fingerprint density at radius 1 is 1.09 bits per heavy atom. The van der Waals surface area contributed by atoms with Crippen LogP contribution in [0.3, 0.4) is 0 Å². The van der Waals surface area contributed by atoms with Crippen LogP contribution < -0.4 is 10.1 Å². The first-order chi connectivity index (χ1) is 15.9. The van der Waals surface area contributed by atoms with Crippen molar-refractivity contribution in [1.29, 1.82) is 0 Å². The lowest BCUT2D eigenvalue weighted by Crippen LogP contribution is -2.19. The van der Waals surface area contributed by atoms with Crippen LogP contribution in [0.4, 0.5) is 11.4 Å². The Bertz CT molecular complexity index is 1300. The van der Waals surface area contributed by atoms with E-state index in [4.69, 9.17) is 4.74 Å². The highest BCUT2D eigenvalue weighted by atomic mass is 32.2. The monoisotopic (exact) mass is 459 g/mol. The maximum atomic E-state index is 12.3. The number of rotatable bonds is 5. The Labute approximate surface area is 193 Å². The third-order valence-corrected chi connectivity index (χ3v) is 5.51. The Hall–Kier alpha value is -4.24. The molecule has 1 amide bonds. The molecule has 3 aromatic rings. The lowest BCUT2D eigenvalue weighted by Gasteiger charge is -2.05. The number of nitro groups is 1. The fourth-order valence-corrected chi connectivity index (χ4v) is 3.75. The predicted molar refractivity (Wildman–Crippen MR) is 126 cm³/mol. The van der Waals surface area contributed by atoms with E-state index in [1.165, 1.54) is 30.0 Å². The number of benzene rings is 3. The second kappa shape index (κ2) is 9.49. The highest BCUT2D eigenvalue weighted by Crippen LogP contribution is 2.28. The second-order valence-electron chi connectivity index (χ2n) is 7.08. The van der Waals surface area contributed by atoms with Crippen molar-refractivity contribution in [2.75, 3.05) is 0 Å². The fraction of sp³-hybridized carbons (Fsp3) is 0.0417. The van der Waals surface area contributed by atoms with E-state index in [2.05, 4.69) is 10.3 Å². The van der Waals surface area contributed by atoms with Gasteiger partial charge in [0.05, 0.1) is 21.1 Å². The van der Waals surface area contributed by atoms with E-state index in [0.29, 0.717) is 10.1 Å². The first-order valence-electron chi connectivity index (χ1n) is 9.80. The van der Waals surface area contributed by atoms with Crippen molar-refractivity contribution >= 4 is 46.3 Å². The second-order valence-corrected chi connectivity index (χ2v) is 8.11. The molecule has 0 atom stereocenters. The molecular formula is C24H17N3O5S. The van der Waals surface area contributed by atoms with Crippen LogP contribution in [0.5, 0.6) is 5.75 Å². The summed E-state index contributed by atoms with van der Waals surface area (Å²) >= 11 is 1.24. The van der Waals surface area contributed by atoms with Gasteiger partial charge in [-0.2, -0.15) is 0 Å². The average molecular weight is 459 g/mol. The van der Waals surface area contributed by atoms with E-state index in [1.54, 1.807) is 30.3 Å². The summed E-state index contributed by atoms with van der Waals surface area (Å²) in [6, 6.07) is 19.5. The number of esters is 1. The average Bonchev–Trinajstić information content (AvgIpc) is 3.15. The number of nitrogens with one attached hydrogen (secondary N) is 1. The number of ether oxygens (including phenoxy) is 1. The van der Waals surface area contributed by atoms with Crippen LogP contribution in [0.2, 0.25) is 0 Å². The van der Waals surface area contributed by atoms with Gasteiger partial charge in [-0.15, -0.1) is 0 Å². The van der Waals surface area contributed by atoms with Gasteiger partial charge in [0.25, 0.3) is 11.6 Å². The van der Waals surface area contributed by atoms with E-state index < -0.39 is 10.9 Å². The molecule has 1 saturated heterocycles. The van der Waals surface area contributed by atoms with Crippen LogP contribution in [-0.4, -0.2) is 22.0 Å². The standard InChI is InChI=1S/C24H17N3O5S/c1-15-5-9-18(10-6-15)25-24-26-22(28)21(33-24)13-16-7-11-20(12-8-16)32-23(29)17-3-2-4-19(14-17)27(30)31/h2-14H,1H3,(H,25,26,28)/b21-13-. The molecule has 0 bridgehead atoms. The molecule has 1 aliphatic heterocycles. The summed E-state index contributed by atoms with van der Waals surface area (Å²) in [7, 11) is 0. The molecule has 33 heavy (non-hydrogen) atoms. The van der Waals surface area contributed by atoms with Crippen LogP contribution in [0.15, 0.2) is 82.7 Å². The van der Waals surface area contributed by atoms with Gasteiger partial charge in [0.1, 0.15) is 5.75 Å². The van der Waals surface area contributed by atoms with Gasteiger partial charge < -0.3 is 10.1 Å². The molecule has 0 radical (unpaired) electrons. The summed E-state index contributed by atoms with van der Waals surface area (Å²) in [5.74, 6) is -0.668. The van der Waals surface area contributed by atoms with Crippen LogP contribution in [0, 0.1) is 17.0 Å². The number of amides is 1. The number of hydrogen-bond acceptors (Lipinski definition) is 7. The van der Waals surface area contributed by atoms with Crippen molar-refractivity contribution in [3.63, 3.8) is 0 Å². The first-order valence-corrected chi connectivity index (χ1v) is 10.6. The highest BCUT2D eigenvalue weighted by molar-refractivity contribution is 8.18. The molecule has 4 rings (SSSR count). The lowest BCUT2D eigenvalue weighted by molar-refractivity contribution is -0.384. The molecule has 164 valence electrons. The van der Waals surface area contributed by atoms with Gasteiger partial charge in [-0.25, -0.2) is 9.79 Å². The number of nitro benzene ring substituents is 1. The quantitative estimate of drug-likeness (QED) is 0.189. The molecule has 8 nitrogen and oxygen atoms in total. The molecular weight excluding hydrogens is 442 g/mol. The normalized spacial score (nSPS) is 15.5. The topological polar surface area (TPSA) is 111 Å². The molecule has 3 aromatic carbocycles. The molecule has 0 aromatic heterocycles. The number of carbonyl (C=O) groups is 2. The van der Waals surface area contributed by atoms with Crippen molar-refractivity contribution in [3.05, 3.63) is 105 Å². The molecule has 0 spiro atoms. The lowest BCUT2D eigenvalue weighted by atomic mass is 10.2. The number of thioether (sulfide) groups is 1. The molecule has 0 saturated carbocycles. The van der Waals surface area contributed by atoms with E-state index >= 15 is 0 Å². The fourth-order valence-electron chi connectivity index (χ4n) is 2.91. The Morgan fingerprint density at radius 2 is 1.82 bits per heavy atom. The van der Waals surface area contributed by atoms with Gasteiger partial charge >= 0.3 is 5.97 Å². The largest absolute Gasteiger partial charge is 0.423 e. The van der Waals surface area contributed by atoms with Crippen molar-refractivity contribution in [2.24, 2.45) is 4.99 Å². The van der Waals surface area contributed by atoms with Gasteiger partial charge in [-0.05, 0) is 60.7 Å². The summed E-state index contributed by atoms with van der Waals surface area (Å²) < 4.78 is 5.29. The number of amidine groups is 1. The summed E-state index contributed by atoms with van der Waals surface area (Å²) in [6.45, 7) is 1.99. The SMILES string of the molecule is Cc1ccc(N=C2NC(=O)/C(=C/c3ccc(OC(=O)c4cccc([N+](=O)[O-])c4)cc3)S2)cc1. The third-order valence-electron chi connectivity index (χ3n) is 4.60. The summed E-state index contributed by atoms with van der Waals surface area (Å²) in [5.41, 5.74) is 2.50. The molecule has 1 heterocycles. The van der Waals surface area contributed by atoms with Gasteiger partial charge in [0.15, 0.2) is 5.17 Å². The third kappa shape index (κ3) is 5.52. The minimum atomic E-state index is -0.701. The van der Waals surface area contributed by atoms with E-state index in [-0.39, 0.29) is 22.9 Å². The number of non-ortho nitro benzene ring substituents is 1. The van der Waals surface area contributed by atoms with Gasteiger partial charge in [-0.3, -0.25) is 14.9 Å². The number of aliphatic imine (C=N–C) groups is 1.